The van der Waals surface area contributed by atoms with E-state index in [1.54, 1.807) is 18.7 Å². The summed E-state index contributed by atoms with van der Waals surface area (Å²) in [5.41, 5.74) is 0.842. The van der Waals surface area contributed by atoms with Gasteiger partial charge in [0.25, 0.3) is 5.56 Å². The van der Waals surface area contributed by atoms with Crippen molar-refractivity contribution in [2.24, 2.45) is 14.1 Å². The van der Waals surface area contributed by atoms with Gasteiger partial charge in [-0.2, -0.15) is 0 Å². The van der Waals surface area contributed by atoms with Crippen LogP contribution in [0, 0.1) is 5.41 Å². The molecule has 6 nitrogen and oxygen atoms in total. The van der Waals surface area contributed by atoms with Crippen molar-refractivity contribution in [1.29, 1.82) is 5.41 Å². The van der Waals surface area contributed by atoms with Crippen molar-refractivity contribution in [2.45, 2.75) is 0 Å². The molecule has 2 aromatic rings. The number of aryl methyl sites for hydroxylation is 1. The Morgan fingerprint density at radius 1 is 1.46 bits per heavy atom. The second kappa shape index (κ2) is 2.32. The van der Waals surface area contributed by atoms with Crippen LogP contribution in [0.1, 0.15) is 0 Å². The Labute approximate surface area is 73.0 Å². The number of aromatic amines is 1. The summed E-state index contributed by atoms with van der Waals surface area (Å²) in [6.45, 7) is 0. The van der Waals surface area contributed by atoms with Gasteiger partial charge in [-0.1, -0.05) is 0 Å². The van der Waals surface area contributed by atoms with Gasteiger partial charge in [0, 0.05) is 14.1 Å². The van der Waals surface area contributed by atoms with E-state index in [9.17, 15) is 4.79 Å². The maximum absolute atomic E-state index is 11.5. The fourth-order valence-corrected chi connectivity index (χ4v) is 1.29. The third-order valence-corrected chi connectivity index (χ3v) is 2.09. The Balaban J connectivity index is 3.21. The normalized spacial score (nSPS) is 10.9. The SMILES string of the molecule is Cn1c(=O)c2[nH]cnc2n(C)c1=N. The number of H-pyrrole nitrogens is 1. The molecule has 0 saturated heterocycles. The van der Waals surface area contributed by atoms with E-state index < -0.39 is 0 Å². The van der Waals surface area contributed by atoms with Gasteiger partial charge in [0.05, 0.1) is 6.33 Å². The minimum Gasteiger partial charge on any atom is -0.339 e. The zero-order valence-corrected chi connectivity index (χ0v) is 7.33. The summed E-state index contributed by atoms with van der Waals surface area (Å²) in [5.74, 6) is 0. The Hall–Kier alpha value is -1.85. The molecule has 0 aromatic carbocycles. The first kappa shape index (κ1) is 7.78. The average molecular weight is 179 g/mol. The largest absolute Gasteiger partial charge is 0.339 e. The summed E-state index contributed by atoms with van der Waals surface area (Å²) in [7, 11) is 3.26. The average Bonchev–Trinajstić information content (AvgIpc) is 2.59. The Kier molecular flexibility index (Phi) is 1.39. The molecule has 0 saturated carbocycles. The van der Waals surface area contributed by atoms with Crippen LogP contribution in [-0.4, -0.2) is 19.1 Å². The monoisotopic (exact) mass is 179 g/mol. The molecule has 0 radical (unpaired) electrons. The van der Waals surface area contributed by atoms with Gasteiger partial charge in [-0.15, -0.1) is 0 Å². The van der Waals surface area contributed by atoms with Gasteiger partial charge in [-0.3, -0.25) is 19.3 Å². The molecule has 0 aliphatic rings. The number of nitrogens with one attached hydrogen (secondary N) is 2. The lowest BCUT2D eigenvalue weighted by atomic mass is 10.5. The van der Waals surface area contributed by atoms with Crippen molar-refractivity contribution >= 4 is 11.2 Å². The van der Waals surface area contributed by atoms with E-state index in [0.29, 0.717) is 11.2 Å². The smallest absolute Gasteiger partial charge is 0.280 e. The molecule has 2 rings (SSSR count). The van der Waals surface area contributed by atoms with Gasteiger partial charge in [-0.05, 0) is 0 Å². The molecule has 2 heterocycles. The molecule has 0 unspecified atom stereocenters. The molecule has 0 amide bonds. The minimum atomic E-state index is -0.226. The first-order chi connectivity index (χ1) is 6.13. The molecule has 2 N–H and O–H groups in total. The standard InChI is InChI=1S/C7H9N5O/c1-11-5-4(9-3-10-5)6(13)12(2)7(11)8/h3,8H,1-2H3,(H,9,10). The summed E-state index contributed by atoms with van der Waals surface area (Å²) in [5, 5.41) is 7.58. The highest BCUT2D eigenvalue weighted by Crippen LogP contribution is 1.97. The molecule has 0 fully saturated rings. The highest BCUT2D eigenvalue weighted by molar-refractivity contribution is 5.68. The number of aromatic nitrogens is 4. The summed E-state index contributed by atoms with van der Waals surface area (Å²) < 4.78 is 2.81. The predicted molar refractivity (Wildman–Crippen MR) is 46.2 cm³/mol. The highest BCUT2D eigenvalue weighted by Gasteiger charge is 2.07. The molecule has 0 spiro atoms. The van der Waals surface area contributed by atoms with Crippen LogP contribution in [-0.2, 0) is 14.1 Å². The number of imidazole rings is 1. The van der Waals surface area contributed by atoms with Crippen LogP contribution in [0.2, 0.25) is 0 Å². The van der Waals surface area contributed by atoms with Crippen LogP contribution < -0.4 is 11.2 Å². The first-order valence-electron chi connectivity index (χ1n) is 3.76. The third kappa shape index (κ3) is 0.851. The molecule has 0 atom stereocenters. The van der Waals surface area contributed by atoms with Gasteiger partial charge in [0.15, 0.2) is 5.65 Å². The Morgan fingerprint density at radius 3 is 2.85 bits per heavy atom. The molecule has 0 aliphatic heterocycles. The maximum atomic E-state index is 11.5. The minimum absolute atomic E-state index is 0.129. The van der Waals surface area contributed by atoms with Gasteiger partial charge in [0.1, 0.15) is 5.52 Å². The van der Waals surface area contributed by atoms with Crippen LogP contribution in [0.25, 0.3) is 11.2 Å². The second-order valence-corrected chi connectivity index (χ2v) is 2.85. The van der Waals surface area contributed by atoms with Crippen LogP contribution in [0.4, 0.5) is 0 Å². The van der Waals surface area contributed by atoms with Crippen LogP contribution >= 0.6 is 0 Å². The number of nitrogens with zero attached hydrogens (tertiary/aromatic N) is 3. The Bertz CT molecular complexity index is 573. The first-order valence-corrected chi connectivity index (χ1v) is 3.76. The number of rotatable bonds is 0. The lowest BCUT2D eigenvalue weighted by Crippen LogP contribution is -2.37. The van der Waals surface area contributed by atoms with Crippen molar-refractivity contribution in [1.82, 2.24) is 19.1 Å². The summed E-state index contributed by atoms with van der Waals surface area (Å²) in [4.78, 5) is 18.2. The van der Waals surface area contributed by atoms with E-state index in [2.05, 4.69) is 9.97 Å². The van der Waals surface area contributed by atoms with Crippen molar-refractivity contribution in [3.8, 4) is 0 Å². The second-order valence-electron chi connectivity index (χ2n) is 2.85. The summed E-state index contributed by atoms with van der Waals surface area (Å²) in [6, 6.07) is 0. The van der Waals surface area contributed by atoms with E-state index in [0.717, 1.165) is 0 Å². The summed E-state index contributed by atoms with van der Waals surface area (Å²) >= 11 is 0. The zero-order valence-electron chi connectivity index (χ0n) is 7.33. The van der Waals surface area contributed by atoms with Crippen molar-refractivity contribution in [3.05, 3.63) is 22.3 Å². The van der Waals surface area contributed by atoms with Crippen LogP contribution in [0.3, 0.4) is 0 Å². The molecule has 6 heteroatoms. The van der Waals surface area contributed by atoms with Crippen molar-refractivity contribution in [3.63, 3.8) is 0 Å². The van der Waals surface area contributed by atoms with Gasteiger partial charge < -0.3 is 4.98 Å². The molecular weight excluding hydrogens is 170 g/mol. The molecule has 2 aromatic heterocycles. The fraction of sp³-hybridized carbons (Fsp3) is 0.286. The molecule has 0 bridgehead atoms. The van der Waals surface area contributed by atoms with E-state index in [1.807, 2.05) is 0 Å². The highest BCUT2D eigenvalue weighted by atomic mass is 16.1. The molecule has 0 aliphatic carbocycles. The maximum Gasteiger partial charge on any atom is 0.280 e. The van der Waals surface area contributed by atoms with Crippen LogP contribution in [0.15, 0.2) is 11.1 Å². The molecule has 68 valence electrons. The third-order valence-electron chi connectivity index (χ3n) is 2.09. The van der Waals surface area contributed by atoms with E-state index >= 15 is 0 Å². The predicted octanol–water partition coefficient (Wildman–Crippen LogP) is -0.920. The Morgan fingerprint density at radius 2 is 2.15 bits per heavy atom. The van der Waals surface area contributed by atoms with Gasteiger partial charge >= 0.3 is 0 Å². The van der Waals surface area contributed by atoms with Crippen molar-refractivity contribution < 1.29 is 0 Å². The number of fused-ring (bicyclic) bond motifs is 1. The van der Waals surface area contributed by atoms with E-state index in [4.69, 9.17) is 5.41 Å². The topological polar surface area (TPSA) is 79.5 Å². The fourth-order valence-electron chi connectivity index (χ4n) is 1.29. The summed E-state index contributed by atoms with van der Waals surface area (Å²) in [6.07, 6.45) is 1.45. The lowest BCUT2D eigenvalue weighted by Gasteiger charge is -2.03. The van der Waals surface area contributed by atoms with Crippen LogP contribution in [0.5, 0.6) is 0 Å². The number of hydrogen-bond donors (Lipinski definition) is 2. The molecule has 13 heavy (non-hydrogen) atoms. The van der Waals surface area contributed by atoms with Crippen molar-refractivity contribution in [2.75, 3.05) is 0 Å². The van der Waals surface area contributed by atoms with E-state index in [1.165, 1.54) is 10.9 Å². The zero-order chi connectivity index (χ0) is 9.59. The van der Waals surface area contributed by atoms with Gasteiger partial charge in [-0.25, -0.2) is 4.98 Å². The molecular formula is C7H9N5O. The van der Waals surface area contributed by atoms with E-state index in [-0.39, 0.29) is 11.2 Å². The number of hydrogen-bond acceptors (Lipinski definition) is 3. The van der Waals surface area contributed by atoms with Gasteiger partial charge in [0.2, 0.25) is 5.62 Å². The quantitative estimate of drug-likeness (QED) is 0.548. The lowest BCUT2D eigenvalue weighted by molar-refractivity contribution is 0.667.